The van der Waals surface area contributed by atoms with Crippen LogP contribution in [0.2, 0.25) is 5.02 Å². The van der Waals surface area contributed by atoms with Crippen LogP contribution < -0.4 is 10.9 Å². The highest BCUT2D eigenvalue weighted by Crippen LogP contribution is 2.22. The number of fused-ring (bicyclic) bond motifs is 1. The number of esters is 1. The molecule has 0 aliphatic heterocycles. The minimum atomic E-state index is -0.439. The summed E-state index contributed by atoms with van der Waals surface area (Å²) >= 11 is 6.03. The molecule has 0 aromatic carbocycles. The number of aromatic nitrogens is 4. The summed E-state index contributed by atoms with van der Waals surface area (Å²) in [6.45, 7) is 4.10. The SMILES string of the molecule is CCn1c(=O)c(Cl)cc2c(C)nc(Nc3cc(C(=O)OC)n(C)c3)nc21. The number of nitrogens with zero attached hydrogens (tertiary/aromatic N) is 4. The van der Waals surface area contributed by atoms with Crippen LogP contribution in [-0.2, 0) is 18.3 Å². The first-order valence-corrected chi connectivity index (χ1v) is 8.32. The molecule has 0 amide bonds. The molecule has 9 heteroatoms. The zero-order valence-electron chi connectivity index (χ0n) is 14.8. The first kappa shape index (κ1) is 17.9. The third kappa shape index (κ3) is 3.03. The summed E-state index contributed by atoms with van der Waals surface area (Å²) in [5.41, 5.74) is 1.92. The summed E-state index contributed by atoms with van der Waals surface area (Å²) in [7, 11) is 3.06. The number of anilines is 2. The molecule has 3 heterocycles. The highest BCUT2D eigenvalue weighted by molar-refractivity contribution is 6.31. The summed E-state index contributed by atoms with van der Waals surface area (Å²) < 4.78 is 7.89. The van der Waals surface area contributed by atoms with Gasteiger partial charge >= 0.3 is 5.97 Å². The summed E-state index contributed by atoms with van der Waals surface area (Å²) in [5.74, 6) is -0.119. The average molecular weight is 376 g/mol. The van der Waals surface area contributed by atoms with E-state index in [1.807, 2.05) is 13.8 Å². The maximum absolute atomic E-state index is 12.2. The lowest BCUT2D eigenvalue weighted by Gasteiger charge is -2.11. The number of pyridine rings is 1. The van der Waals surface area contributed by atoms with Crippen molar-refractivity contribution >= 4 is 40.2 Å². The van der Waals surface area contributed by atoms with E-state index in [1.165, 1.54) is 11.7 Å². The largest absolute Gasteiger partial charge is 0.464 e. The van der Waals surface area contributed by atoms with E-state index in [1.54, 1.807) is 29.9 Å². The van der Waals surface area contributed by atoms with E-state index in [4.69, 9.17) is 16.3 Å². The van der Waals surface area contributed by atoms with E-state index in [-0.39, 0.29) is 10.6 Å². The number of carbonyl (C=O) groups is 1. The van der Waals surface area contributed by atoms with Gasteiger partial charge in [-0.1, -0.05) is 11.6 Å². The van der Waals surface area contributed by atoms with Gasteiger partial charge in [-0.05, 0) is 26.0 Å². The van der Waals surface area contributed by atoms with Gasteiger partial charge < -0.3 is 14.6 Å². The quantitative estimate of drug-likeness (QED) is 0.705. The fourth-order valence-corrected chi connectivity index (χ4v) is 2.98. The van der Waals surface area contributed by atoms with Gasteiger partial charge in [-0.3, -0.25) is 9.36 Å². The molecule has 0 unspecified atom stereocenters. The lowest BCUT2D eigenvalue weighted by Crippen LogP contribution is -2.21. The van der Waals surface area contributed by atoms with Crippen molar-refractivity contribution in [3.63, 3.8) is 0 Å². The Morgan fingerprint density at radius 1 is 1.35 bits per heavy atom. The number of aryl methyl sites for hydroxylation is 3. The van der Waals surface area contributed by atoms with Gasteiger partial charge in [0.05, 0.1) is 18.5 Å². The van der Waals surface area contributed by atoms with E-state index < -0.39 is 5.97 Å². The molecular formula is C17H18ClN5O3. The highest BCUT2D eigenvalue weighted by atomic mass is 35.5. The third-order valence-corrected chi connectivity index (χ3v) is 4.33. The molecule has 3 aromatic rings. The topological polar surface area (TPSA) is 91.0 Å². The van der Waals surface area contributed by atoms with Gasteiger partial charge in [0, 0.05) is 25.2 Å². The van der Waals surface area contributed by atoms with Crippen molar-refractivity contribution in [2.24, 2.45) is 7.05 Å². The molecule has 3 aromatic heterocycles. The van der Waals surface area contributed by atoms with Crippen molar-refractivity contribution in [3.8, 4) is 0 Å². The Hall–Kier alpha value is -2.87. The summed E-state index contributed by atoms with van der Waals surface area (Å²) in [6, 6.07) is 3.23. The predicted molar refractivity (Wildman–Crippen MR) is 99.3 cm³/mol. The number of nitrogens with one attached hydrogen (secondary N) is 1. The smallest absolute Gasteiger partial charge is 0.354 e. The molecule has 0 bridgehead atoms. The van der Waals surface area contributed by atoms with Gasteiger partial charge in [-0.25, -0.2) is 9.78 Å². The van der Waals surface area contributed by atoms with Crippen LogP contribution in [0, 0.1) is 6.92 Å². The monoisotopic (exact) mass is 375 g/mol. The second-order valence-electron chi connectivity index (χ2n) is 5.75. The Morgan fingerprint density at radius 3 is 2.73 bits per heavy atom. The van der Waals surface area contributed by atoms with Crippen LogP contribution in [0.5, 0.6) is 0 Å². The summed E-state index contributed by atoms with van der Waals surface area (Å²) in [6.07, 6.45) is 1.73. The second-order valence-corrected chi connectivity index (χ2v) is 6.16. The van der Waals surface area contributed by atoms with Gasteiger partial charge in [0.15, 0.2) is 0 Å². The van der Waals surface area contributed by atoms with Crippen molar-refractivity contribution in [2.45, 2.75) is 20.4 Å². The molecule has 0 saturated carbocycles. The van der Waals surface area contributed by atoms with Gasteiger partial charge in [0.2, 0.25) is 5.95 Å². The number of ether oxygens (including phenoxy) is 1. The first-order chi connectivity index (χ1) is 12.3. The lowest BCUT2D eigenvalue weighted by atomic mass is 10.2. The molecule has 8 nitrogen and oxygen atoms in total. The van der Waals surface area contributed by atoms with Gasteiger partial charge in [-0.2, -0.15) is 4.98 Å². The Balaban J connectivity index is 2.08. The van der Waals surface area contributed by atoms with Gasteiger partial charge in [-0.15, -0.1) is 0 Å². The van der Waals surface area contributed by atoms with Crippen LogP contribution in [-0.4, -0.2) is 32.2 Å². The van der Waals surface area contributed by atoms with E-state index >= 15 is 0 Å². The van der Waals surface area contributed by atoms with Crippen LogP contribution in [0.1, 0.15) is 23.1 Å². The molecule has 0 saturated heterocycles. The average Bonchev–Trinajstić information content (AvgIpc) is 2.96. The number of rotatable bonds is 4. The molecule has 0 spiro atoms. The molecule has 0 aliphatic carbocycles. The first-order valence-electron chi connectivity index (χ1n) is 7.95. The van der Waals surface area contributed by atoms with E-state index in [9.17, 15) is 9.59 Å². The number of hydrogen-bond acceptors (Lipinski definition) is 6. The molecule has 3 rings (SSSR count). The van der Waals surface area contributed by atoms with Crippen molar-refractivity contribution in [3.05, 3.63) is 45.1 Å². The molecule has 0 atom stereocenters. The van der Waals surface area contributed by atoms with Crippen LogP contribution in [0.4, 0.5) is 11.6 Å². The lowest BCUT2D eigenvalue weighted by molar-refractivity contribution is 0.0590. The Bertz CT molecular complexity index is 1070. The van der Waals surface area contributed by atoms with E-state index in [0.29, 0.717) is 40.6 Å². The maximum Gasteiger partial charge on any atom is 0.354 e. The Labute approximate surface area is 154 Å². The minimum Gasteiger partial charge on any atom is -0.464 e. The molecule has 0 aliphatic rings. The zero-order valence-corrected chi connectivity index (χ0v) is 15.6. The number of carbonyl (C=O) groups excluding carboxylic acids is 1. The Morgan fingerprint density at radius 2 is 2.08 bits per heavy atom. The van der Waals surface area contributed by atoms with Crippen LogP contribution >= 0.6 is 11.6 Å². The van der Waals surface area contributed by atoms with Crippen LogP contribution in [0.15, 0.2) is 23.1 Å². The number of hydrogen-bond donors (Lipinski definition) is 1. The fraction of sp³-hybridized carbons (Fsp3) is 0.294. The van der Waals surface area contributed by atoms with Crippen molar-refractivity contribution < 1.29 is 9.53 Å². The third-order valence-electron chi connectivity index (χ3n) is 4.06. The highest BCUT2D eigenvalue weighted by Gasteiger charge is 2.15. The normalized spacial score (nSPS) is 11.0. The van der Waals surface area contributed by atoms with Crippen molar-refractivity contribution in [2.75, 3.05) is 12.4 Å². The van der Waals surface area contributed by atoms with Crippen LogP contribution in [0.25, 0.3) is 11.0 Å². The molecular weight excluding hydrogens is 358 g/mol. The standard InChI is InChI=1S/C17H18ClN5O3/c1-5-23-14-11(7-12(18)15(23)24)9(2)19-17(21-14)20-10-6-13(16(25)26-4)22(3)8-10/h6-8H,5H2,1-4H3,(H,19,20,21). The zero-order chi connectivity index (χ0) is 19.0. The van der Waals surface area contributed by atoms with Gasteiger partial charge in [0.25, 0.3) is 5.56 Å². The molecule has 136 valence electrons. The Kier molecular flexibility index (Phi) is 4.69. The molecule has 26 heavy (non-hydrogen) atoms. The minimum absolute atomic E-state index is 0.137. The number of methoxy groups -OCH3 is 1. The maximum atomic E-state index is 12.2. The summed E-state index contributed by atoms with van der Waals surface area (Å²) in [5, 5.41) is 3.91. The molecule has 1 N–H and O–H groups in total. The number of halogens is 1. The van der Waals surface area contributed by atoms with Gasteiger partial charge in [0.1, 0.15) is 16.4 Å². The predicted octanol–water partition coefficient (Wildman–Crippen LogP) is 2.64. The molecule has 0 fully saturated rings. The van der Waals surface area contributed by atoms with E-state index in [0.717, 1.165) is 0 Å². The van der Waals surface area contributed by atoms with Crippen molar-refractivity contribution in [1.82, 2.24) is 19.1 Å². The fourth-order valence-electron chi connectivity index (χ4n) is 2.77. The van der Waals surface area contributed by atoms with Crippen molar-refractivity contribution in [1.29, 1.82) is 0 Å². The van der Waals surface area contributed by atoms with Crippen LogP contribution in [0.3, 0.4) is 0 Å². The summed E-state index contributed by atoms with van der Waals surface area (Å²) in [4.78, 5) is 32.9. The molecule has 0 radical (unpaired) electrons. The van der Waals surface area contributed by atoms with E-state index in [2.05, 4.69) is 15.3 Å². The second kappa shape index (κ2) is 6.80.